The zero-order valence-corrected chi connectivity index (χ0v) is 9.00. The molecule has 0 radical (unpaired) electrons. The molecule has 0 aliphatic heterocycles. The molecule has 0 saturated heterocycles. The number of rotatable bonds is 4. The van der Waals surface area contributed by atoms with Crippen LogP contribution in [0.15, 0.2) is 18.7 Å². The second kappa shape index (κ2) is 3.41. The van der Waals surface area contributed by atoms with E-state index in [1.807, 2.05) is 0 Å². The van der Waals surface area contributed by atoms with Gasteiger partial charge in [-0.25, -0.2) is 4.98 Å². The topological polar surface area (TPSA) is 92.4 Å². The van der Waals surface area contributed by atoms with E-state index in [0.29, 0.717) is 30.9 Å². The lowest BCUT2D eigenvalue weighted by Gasteiger charge is -2.11. The molecular formula is C10H11N5O2. The maximum atomic E-state index is 11.0. The Morgan fingerprint density at radius 2 is 2.41 bits per heavy atom. The smallest absolute Gasteiger partial charge is 0.311 e. The molecule has 7 heteroatoms. The molecule has 3 rings (SSSR count). The zero-order valence-electron chi connectivity index (χ0n) is 9.00. The quantitative estimate of drug-likeness (QED) is 0.794. The van der Waals surface area contributed by atoms with E-state index in [4.69, 9.17) is 5.11 Å². The molecule has 0 spiro atoms. The molecule has 0 bridgehead atoms. The first kappa shape index (κ1) is 10.0. The molecule has 0 aromatic carbocycles. The highest BCUT2D eigenvalue weighted by Crippen LogP contribution is 2.45. The lowest BCUT2D eigenvalue weighted by molar-refractivity contribution is -0.142. The van der Waals surface area contributed by atoms with Crippen LogP contribution >= 0.6 is 0 Å². The van der Waals surface area contributed by atoms with Gasteiger partial charge in [0.15, 0.2) is 5.82 Å². The minimum absolute atomic E-state index is 0.377. The SMILES string of the molecule is O=C(O)C1(CNc2nccn3cnnc23)CC1. The van der Waals surface area contributed by atoms with Crippen molar-refractivity contribution in [2.75, 3.05) is 11.9 Å². The van der Waals surface area contributed by atoms with Gasteiger partial charge in [0.1, 0.15) is 6.33 Å². The lowest BCUT2D eigenvalue weighted by atomic mass is 10.1. The first-order valence-electron chi connectivity index (χ1n) is 5.33. The average Bonchev–Trinajstić information content (AvgIpc) is 2.96. The molecule has 7 nitrogen and oxygen atoms in total. The van der Waals surface area contributed by atoms with E-state index >= 15 is 0 Å². The van der Waals surface area contributed by atoms with Gasteiger partial charge in [-0.15, -0.1) is 10.2 Å². The van der Waals surface area contributed by atoms with E-state index in [-0.39, 0.29) is 0 Å². The van der Waals surface area contributed by atoms with Crippen LogP contribution in [0, 0.1) is 5.41 Å². The van der Waals surface area contributed by atoms with Crippen LogP contribution in [-0.4, -0.2) is 37.2 Å². The second-order valence-electron chi connectivity index (χ2n) is 4.28. The van der Waals surface area contributed by atoms with E-state index in [1.165, 1.54) is 0 Å². The van der Waals surface area contributed by atoms with Crippen LogP contribution in [0.4, 0.5) is 5.82 Å². The number of nitrogens with zero attached hydrogens (tertiary/aromatic N) is 4. The van der Waals surface area contributed by atoms with Crippen molar-refractivity contribution in [2.45, 2.75) is 12.8 Å². The Morgan fingerprint density at radius 3 is 3.12 bits per heavy atom. The number of anilines is 1. The number of carboxylic acid groups (broad SMARTS) is 1. The molecule has 2 heterocycles. The van der Waals surface area contributed by atoms with Gasteiger partial charge in [-0.1, -0.05) is 0 Å². The van der Waals surface area contributed by atoms with Crippen LogP contribution < -0.4 is 5.32 Å². The molecule has 17 heavy (non-hydrogen) atoms. The summed E-state index contributed by atoms with van der Waals surface area (Å²) in [5.74, 6) is -0.184. The molecule has 0 atom stereocenters. The Morgan fingerprint density at radius 1 is 1.59 bits per heavy atom. The van der Waals surface area contributed by atoms with E-state index in [1.54, 1.807) is 23.1 Å². The maximum Gasteiger partial charge on any atom is 0.311 e. The highest BCUT2D eigenvalue weighted by atomic mass is 16.4. The second-order valence-corrected chi connectivity index (χ2v) is 4.28. The Kier molecular flexibility index (Phi) is 2.01. The number of aromatic nitrogens is 4. The van der Waals surface area contributed by atoms with Crippen molar-refractivity contribution in [1.29, 1.82) is 0 Å². The van der Waals surface area contributed by atoms with E-state index < -0.39 is 11.4 Å². The van der Waals surface area contributed by atoms with Gasteiger partial charge in [0.2, 0.25) is 5.65 Å². The van der Waals surface area contributed by atoms with Crippen LogP contribution in [0.3, 0.4) is 0 Å². The first-order valence-corrected chi connectivity index (χ1v) is 5.33. The Labute approximate surface area is 96.5 Å². The highest BCUT2D eigenvalue weighted by molar-refractivity contribution is 5.79. The van der Waals surface area contributed by atoms with Crippen molar-refractivity contribution in [3.63, 3.8) is 0 Å². The molecule has 0 amide bonds. The molecule has 1 aliphatic rings. The summed E-state index contributed by atoms with van der Waals surface area (Å²) >= 11 is 0. The van der Waals surface area contributed by atoms with Crippen LogP contribution in [0.1, 0.15) is 12.8 Å². The van der Waals surface area contributed by atoms with Crippen molar-refractivity contribution < 1.29 is 9.90 Å². The zero-order chi connectivity index (χ0) is 11.9. The van der Waals surface area contributed by atoms with Gasteiger partial charge in [0, 0.05) is 18.9 Å². The van der Waals surface area contributed by atoms with Gasteiger partial charge in [0.05, 0.1) is 5.41 Å². The third kappa shape index (κ3) is 1.59. The van der Waals surface area contributed by atoms with Gasteiger partial charge >= 0.3 is 5.97 Å². The number of carboxylic acids is 1. The number of hydrogen-bond donors (Lipinski definition) is 2. The van der Waals surface area contributed by atoms with E-state index in [2.05, 4.69) is 20.5 Å². The monoisotopic (exact) mass is 233 g/mol. The molecule has 1 saturated carbocycles. The lowest BCUT2D eigenvalue weighted by Crippen LogP contribution is -2.24. The van der Waals surface area contributed by atoms with Gasteiger partial charge < -0.3 is 10.4 Å². The van der Waals surface area contributed by atoms with Crippen molar-refractivity contribution in [3.05, 3.63) is 18.7 Å². The minimum Gasteiger partial charge on any atom is -0.481 e. The summed E-state index contributed by atoms with van der Waals surface area (Å²) in [4.78, 5) is 15.2. The summed E-state index contributed by atoms with van der Waals surface area (Å²) < 4.78 is 1.73. The fourth-order valence-electron chi connectivity index (χ4n) is 1.75. The van der Waals surface area contributed by atoms with Gasteiger partial charge in [-0.3, -0.25) is 9.20 Å². The fourth-order valence-corrected chi connectivity index (χ4v) is 1.75. The summed E-state index contributed by atoms with van der Waals surface area (Å²) in [6.45, 7) is 0.377. The fraction of sp³-hybridized carbons (Fsp3) is 0.400. The summed E-state index contributed by atoms with van der Waals surface area (Å²) in [6.07, 6.45) is 6.37. The van der Waals surface area contributed by atoms with E-state index in [0.717, 1.165) is 0 Å². The standard InChI is InChI=1S/C10H11N5O2/c16-9(17)10(1-2-10)5-12-7-8-14-13-6-15(8)4-3-11-7/h3-4,6H,1-2,5H2,(H,11,12)(H,16,17). The van der Waals surface area contributed by atoms with Crippen LogP contribution in [0.25, 0.3) is 5.65 Å². The van der Waals surface area contributed by atoms with Crippen molar-refractivity contribution in [2.24, 2.45) is 5.41 Å². The third-order valence-corrected chi connectivity index (χ3v) is 3.12. The molecule has 1 aliphatic carbocycles. The average molecular weight is 233 g/mol. The summed E-state index contributed by atoms with van der Waals surface area (Å²) in [5.41, 5.74) is -0.0113. The van der Waals surface area contributed by atoms with Gasteiger partial charge in [0.25, 0.3) is 0 Å². The van der Waals surface area contributed by atoms with Crippen LogP contribution in [-0.2, 0) is 4.79 Å². The van der Waals surface area contributed by atoms with Crippen molar-refractivity contribution in [3.8, 4) is 0 Å². The summed E-state index contributed by atoms with van der Waals surface area (Å²) in [7, 11) is 0. The number of carbonyl (C=O) groups is 1. The number of fused-ring (bicyclic) bond motifs is 1. The van der Waals surface area contributed by atoms with E-state index in [9.17, 15) is 4.79 Å². The third-order valence-electron chi connectivity index (χ3n) is 3.12. The minimum atomic E-state index is -0.751. The molecule has 0 unspecified atom stereocenters. The van der Waals surface area contributed by atoms with Crippen molar-refractivity contribution in [1.82, 2.24) is 19.6 Å². The van der Waals surface area contributed by atoms with Crippen LogP contribution in [0.5, 0.6) is 0 Å². The van der Waals surface area contributed by atoms with Gasteiger partial charge in [-0.2, -0.15) is 0 Å². The molecular weight excluding hydrogens is 222 g/mol. The predicted octanol–water partition coefficient (Wildman–Crippen LogP) is 0.401. The van der Waals surface area contributed by atoms with Gasteiger partial charge in [-0.05, 0) is 12.8 Å². The Hall–Kier alpha value is -2.18. The maximum absolute atomic E-state index is 11.0. The first-order chi connectivity index (χ1) is 8.21. The van der Waals surface area contributed by atoms with Crippen molar-refractivity contribution >= 4 is 17.4 Å². The number of aliphatic carboxylic acids is 1. The summed E-state index contributed by atoms with van der Waals surface area (Å²) in [5, 5.41) is 19.8. The number of nitrogens with one attached hydrogen (secondary N) is 1. The highest BCUT2D eigenvalue weighted by Gasteiger charge is 2.50. The molecule has 2 aromatic rings. The van der Waals surface area contributed by atoms with Crippen LogP contribution in [0.2, 0.25) is 0 Å². The Balaban J connectivity index is 1.81. The number of hydrogen-bond acceptors (Lipinski definition) is 5. The molecule has 1 fully saturated rings. The Bertz CT molecular complexity index is 575. The predicted molar refractivity (Wildman–Crippen MR) is 58.6 cm³/mol. The largest absolute Gasteiger partial charge is 0.481 e. The molecule has 2 N–H and O–H groups in total. The summed E-state index contributed by atoms with van der Waals surface area (Å²) in [6, 6.07) is 0. The molecule has 2 aromatic heterocycles. The molecule has 88 valence electrons. The normalized spacial score (nSPS) is 16.9.